The lowest BCUT2D eigenvalue weighted by Gasteiger charge is -2.13. The molecule has 4 aromatic rings. The summed E-state index contributed by atoms with van der Waals surface area (Å²) < 4.78 is 28.1. The van der Waals surface area contributed by atoms with Gasteiger partial charge in [-0.3, -0.25) is 4.72 Å². The molecular weight excluding hydrogens is 380 g/mol. The monoisotopic (exact) mass is 396 g/mol. The van der Waals surface area contributed by atoms with E-state index >= 15 is 0 Å². The van der Waals surface area contributed by atoms with Gasteiger partial charge in [-0.05, 0) is 48.2 Å². The third-order valence-corrected chi connectivity index (χ3v) is 6.58. The van der Waals surface area contributed by atoms with Crippen molar-refractivity contribution in [1.29, 1.82) is 0 Å². The van der Waals surface area contributed by atoms with E-state index in [0.717, 1.165) is 22.6 Å². The summed E-state index contributed by atoms with van der Waals surface area (Å²) in [5.41, 5.74) is 3.16. The van der Waals surface area contributed by atoms with Crippen molar-refractivity contribution in [2.24, 2.45) is 0 Å². The zero-order chi connectivity index (χ0) is 18.9. The van der Waals surface area contributed by atoms with Crippen molar-refractivity contribution in [3.05, 3.63) is 71.6 Å². The van der Waals surface area contributed by atoms with Gasteiger partial charge >= 0.3 is 0 Å². The molecule has 0 aliphatic heterocycles. The molecular formula is C19H16N4O2S2. The van der Waals surface area contributed by atoms with Gasteiger partial charge in [-0.25, -0.2) is 18.4 Å². The molecule has 0 amide bonds. The van der Waals surface area contributed by atoms with E-state index in [0.29, 0.717) is 16.9 Å². The van der Waals surface area contributed by atoms with Crippen LogP contribution >= 0.6 is 11.3 Å². The number of anilines is 3. The van der Waals surface area contributed by atoms with Gasteiger partial charge in [-0.2, -0.15) is 0 Å². The standard InChI is InChI=1S/C19H16N4O2S2/c1-13-6-4-7-14(12-13)20-18-19(22-16-9-3-2-8-15(16)21-18)23-27(24,25)17-10-5-11-26-17/h2-12H,1H3,(H,20,21)(H,22,23). The minimum Gasteiger partial charge on any atom is -0.337 e. The normalized spacial score (nSPS) is 11.4. The number of aryl methyl sites for hydroxylation is 1. The van der Waals surface area contributed by atoms with Crippen LogP contribution in [-0.2, 0) is 10.0 Å². The molecule has 4 rings (SSSR count). The molecule has 0 saturated heterocycles. The van der Waals surface area contributed by atoms with Gasteiger partial charge in [-0.1, -0.05) is 30.3 Å². The topological polar surface area (TPSA) is 84.0 Å². The highest BCUT2D eigenvalue weighted by Crippen LogP contribution is 2.28. The van der Waals surface area contributed by atoms with Gasteiger partial charge in [0.25, 0.3) is 10.0 Å². The average Bonchev–Trinajstić information content (AvgIpc) is 3.18. The number of sulfonamides is 1. The third-order valence-electron chi connectivity index (χ3n) is 3.84. The highest BCUT2D eigenvalue weighted by molar-refractivity contribution is 7.94. The lowest BCUT2D eigenvalue weighted by molar-refractivity contribution is 0.603. The number of aromatic nitrogens is 2. The Morgan fingerprint density at radius 2 is 1.63 bits per heavy atom. The largest absolute Gasteiger partial charge is 0.337 e. The predicted octanol–water partition coefficient (Wildman–Crippen LogP) is 4.54. The van der Waals surface area contributed by atoms with Gasteiger partial charge in [0.2, 0.25) is 0 Å². The quantitative estimate of drug-likeness (QED) is 0.517. The van der Waals surface area contributed by atoms with E-state index in [1.807, 2.05) is 49.4 Å². The van der Waals surface area contributed by atoms with Crippen LogP contribution in [0.4, 0.5) is 17.3 Å². The van der Waals surface area contributed by atoms with E-state index in [4.69, 9.17) is 0 Å². The molecule has 0 spiro atoms. The van der Waals surface area contributed by atoms with Crippen molar-refractivity contribution in [1.82, 2.24) is 9.97 Å². The van der Waals surface area contributed by atoms with Gasteiger partial charge in [0, 0.05) is 5.69 Å². The minimum atomic E-state index is -3.74. The van der Waals surface area contributed by atoms with Gasteiger partial charge in [0.1, 0.15) is 4.21 Å². The summed E-state index contributed by atoms with van der Waals surface area (Å²) in [6, 6.07) is 18.3. The first-order valence-electron chi connectivity index (χ1n) is 8.18. The van der Waals surface area contributed by atoms with E-state index in [9.17, 15) is 8.42 Å². The van der Waals surface area contributed by atoms with Crippen molar-refractivity contribution in [2.45, 2.75) is 11.1 Å². The van der Waals surface area contributed by atoms with Crippen LogP contribution in [0.25, 0.3) is 11.0 Å². The van der Waals surface area contributed by atoms with Gasteiger partial charge in [0.15, 0.2) is 11.6 Å². The number of hydrogen-bond acceptors (Lipinski definition) is 6. The highest BCUT2D eigenvalue weighted by atomic mass is 32.2. The predicted molar refractivity (Wildman–Crippen MR) is 109 cm³/mol. The number of para-hydroxylation sites is 2. The van der Waals surface area contributed by atoms with Crippen LogP contribution in [0.15, 0.2) is 70.3 Å². The lowest BCUT2D eigenvalue weighted by Crippen LogP contribution is -2.15. The molecule has 0 unspecified atom stereocenters. The maximum atomic E-state index is 12.7. The second kappa shape index (κ2) is 6.98. The number of thiophene rings is 1. The molecule has 2 heterocycles. The number of nitrogens with one attached hydrogen (secondary N) is 2. The van der Waals surface area contributed by atoms with Crippen LogP contribution in [0.2, 0.25) is 0 Å². The van der Waals surface area contributed by atoms with Crippen molar-refractivity contribution < 1.29 is 8.42 Å². The lowest BCUT2D eigenvalue weighted by atomic mass is 10.2. The van der Waals surface area contributed by atoms with Crippen LogP contribution in [-0.4, -0.2) is 18.4 Å². The van der Waals surface area contributed by atoms with Gasteiger partial charge < -0.3 is 5.32 Å². The molecule has 0 fully saturated rings. The molecule has 2 aromatic heterocycles. The molecule has 136 valence electrons. The Bertz CT molecular complexity index is 1210. The Hall–Kier alpha value is -2.97. The van der Waals surface area contributed by atoms with Crippen molar-refractivity contribution >= 4 is 49.7 Å². The van der Waals surface area contributed by atoms with Gasteiger partial charge in [-0.15, -0.1) is 11.3 Å². The Kier molecular flexibility index (Phi) is 4.51. The zero-order valence-corrected chi connectivity index (χ0v) is 16.0. The molecule has 27 heavy (non-hydrogen) atoms. The second-order valence-electron chi connectivity index (χ2n) is 5.94. The summed E-state index contributed by atoms with van der Waals surface area (Å²) in [6.45, 7) is 1.98. The fourth-order valence-electron chi connectivity index (χ4n) is 2.61. The average molecular weight is 396 g/mol. The fraction of sp³-hybridized carbons (Fsp3) is 0.0526. The smallest absolute Gasteiger partial charge is 0.272 e. The van der Waals surface area contributed by atoms with E-state index in [1.54, 1.807) is 23.6 Å². The van der Waals surface area contributed by atoms with Crippen LogP contribution in [0.3, 0.4) is 0 Å². The summed E-state index contributed by atoms with van der Waals surface area (Å²) in [5, 5.41) is 4.89. The Morgan fingerprint density at radius 1 is 0.889 bits per heavy atom. The molecule has 0 aliphatic carbocycles. The molecule has 0 saturated carbocycles. The maximum Gasteiger partial charge on any atom is 0.272 e. The SMILES string of the molecule is Cc1cccc(Nc2nc3ccccc3nc2NS(=O)(=O)c2cccs2)c1. The number of nitrogens with zero attached hydrogens (tertiary/aromatic N) is 2. The third kappa shape index (κ3) is 3.76. The van der Waals surface area contributed by atoms with Crippen LogP contribution in [0, 0.1) is 6.92 Å². The summed E-state index contributed by atoms with van der Waals surface area (Å²) in [6.07, 6.45) is 0. The molecule has 2 N–H and O–H groups in total. The fourth-order valence-corrected chi connectivity index (χ4v) is 4.61. The molecule has 0 radical (unpaired) electrons. The zero-order valence-electron chi connectivity index (χ0n) is 14.4. The Balaban J connectivity index is 1.80. The van der Waals surface area contributed by atoms with E-state index in [2.05, 4.69) is 20.0 Å². The maximum absolute atomic E-state index is 12.7. The molecule has 2 aromatic carbocycles. The summed E-state index contributed by atoms with van der Waals surface area (Å²) >= 11 is 1.15. The van der Waals surface area contributed by atoms with E-state index in [-0.39, 0.29) is 10.0 Å². The minimum absolute atomic E-state index is 0.156. The van der Waals surface area contributed by atoms with Crippen LogP contribution < -0.4 is 10.0 Å². The first kappa shape index (κ1) is 17.4. The van der Waals surface area contributed by atoms with E-state index in [1.165, 1.54) is 0 Å². The Labute approximate surface area is 161 Å². The van der Waals surface area contributed by atoms with Crippen LogP contribution in [0.1, 0.15) is 5.56 Å². The number of fused-ring (bicyclic) bond motifs is 1. The van der Waals surface area contributed by atoms with Crippen molar-refractivity contribution in [2.75, 3.05) is 10.0 Å². The summed E-state index contributed by atoms with van der Waals surface area (Å²) in [4.78, 5) is 9.05. The molecule has 6 nitrogen and oxygen atoms in total. The Morgan fingerprint density at radius 3 is 2.30 bits per heavy atom. The van der Waals surface area contributed by atoms with E-state index < -0.39 is 10.0 Å². The van der Waals surface area contributed by atoms with Crippen molar-refractivity contribution in [3.63, 3.8) is 0 Å². The first-order valence-corrected chi connectivity index (χ1v) is 10.5. The molecule has 0 bridgehead atoms. The van der Waals surface area contributed by atoms with Crippen LogP contribution in [0.5, 0.6) is 0 Å². The summed E-state index contributed by atoms with van der Waals surface area (Å²) in [5.74, 6) is 0.503. The molecule has 0 aliphatic rings. The first-order chi connectivity index (χ1) is 13.0. The number of rotatable bonds is 5. The molecule has 0 atom stereocenters. The van der Waals surface area contributed by atoms with Crippen molar-refractivity contribution in [3.8, 4) is 0 Å². The highest BCUT2D eigenvalue weighted by Gasteiger charge is 2.19. The summed E-state index contributed by atoms with van der Waals surface area (Å²) in [7, 11) is -3.74. The number of hydrogen-bond donors (Lipinski definition) is 2. The second-order valence-corrected chi connectivity index (χ2v) is 8.80. The molecule has 8 heteroatoms. The van der Waals surface area contributed by atoms with Gasteiger partial charge in [0.05, 0.1) is 11.0 Å². The number of benzene rings is 2.